The topological polar surface area (TPSA) is 8.17 Å². The van der Waals surface area contributed by atoms with E-state index in [1.54, 1.807) is 0 Å². The molecular weight excluding hydrogens is 220 g/mol. The molecule has 0 spiro atoms. The van der Waals surface area contributed by atoms with E-state index in [2.05, 4.69) is 61.9 Å². The van der Waals surface area contributed by atoms with Crippen LogP contribution in [0, 0.1) is 0 Å². The monoisotopic (exact) mass is 244 g/mol. The first-order chi connectivity index (χ1) is 8.63. The molecule has 0 saturated carbocycles. The number of fused-ring (bicyclic) bond motifs is 1. The molecule has 1 aromatic heterocycles. The van der Waals surface area contributed by atoms with E-state index in [-0.39, 0.29) is 0 Å². The zero-order valence-electron chi connectivity index (χ0n) is 12.0. The smallest absolute Gasteiger partial charge is 0.0512 e. The van der Waals surface area contributed by atoms with Crippen LogP contribution in [-0.2, 0) is 19.9 Å². The minimum atomic E-state index is 1.10. The predicted molar refractivity (Wildman–Crippen MR) is 79.2 cm³/mol. The molecule has 0 unspecified atom stereocenters. The maximum atomic E-state index is 2.31. The van der Waals surface area contributed by atoms with E-state index in [4.69, 9.17) is 0 Å². The maximum absolute atomic E-state index is 2.31. The van der Waals surface area contributed by atoms with E-state index >= 15 is 0 Å². The maximum Gasteiger partial charge on any atom is 0.0512 e. The van der Waals surface area contributed by atoms with Gasteiger partial charge in [-0.2, -0.15) is 0 Å². The molecule has 2 heteroatoms. The molecular formula is C16H24N2. The summed E-state index contributed by atoms with van der Waals surface area (Å²) >= 11 is 0. The Morgan fingerprint density at radius 2 is 1.94 bits per heavy atom. The molecule has 1 aromatic carbocycles. The molecule has 2 aromatic rings. The second-order valence-electron chi connectivity index (χ2n) is 5.34. The summed E-state index contributed by atoms with van der Waals surface area (Å²) in [6.45, 7) is 3.39. The van der Waals surface area contributed by atoms with Crippen molar-refractivity contribution in [2.75, 3.05) is 20.6 Å². The molecule has 0 N–H and O–H groups in total. The van der Waals surface area contributed by atoms with Gasteiger partial charge in [0.15, 0.2) is 0 Å². The van der Waals surface area contributed by atoms with Crippen LogP contribution in [-0.4, -0.2) is 30.1 Å². The van der Waals surface area contributed by atoms with Crippen LogP contribution in [0.5, 0.6) is 0 Å². The molecule has 0 amide bonds. The van der Waals surface area contributed by atoms with Gasteiger partial charge in [0.05, 0.1) is 5.52 Å². The van der Waals surface area contributed by atoms with E-state index < -0.39 is 0 Å². The Labute approximate surface area is 110 Å². The average Bonchev–Trinajstić information content (AvgIpc) is 2.66. The zero-order valence-corrected chi connectivity index (χ0v) is 12.0. The van der Waals surface area contributed by atoms with E-state index in [9.17, 15) is 0 Å². The molecule has 2 rings (SSSR count). The van der Waals surface area contributed by atoms with Crippen molar-refractivity contribution in [3.8, 4) is 0 Å². The van der Waals surface area contributed by atoms with Crippen molar-refractivity contribution in [2.24, 2.45) is 7.05 Å². The summed E-state index contributed by atoms with van der Waals surface area (Å²) in [5, 5.41) is 1.44. The molecule has 0 aliphatic heterocycles. The standard InChI is InChI=1S/C16H24N2/c1-5-13-8-6-10-15-14(9-7-11-17(2)3)12-18(4)16(13)15/h6,8,10,12H,5,7,9,11H2,1-4H3. The number of rotatable bonds is 5. The molecule has 1 heterocycles. The van der Waals surface area contributed by atoms with Gasteiger partial charge in [0.2, 0.25) is 0 Å². The van der Waals surface area contributed by atoms with Gasteiger partial charge in [-0.25, -0.2) is 0 Å². The first kappa shape index (κ1) is 13.2. The number of aromatic nitrogens is 1. The lowest BCUT2D eigenvalue weighted by atomic mass is 10.0. The van der Waals surface area contributed by atoms with Gasteiger partial charge < -0.3 is 9.47 Å². The zero-order chi connectivity index (χ0) is 13.1. The van der Waals surface area contributed by atoms with E-state index in [1.165, 1.54) is 34.9 Å². The molecule has 0 radical (unpaired) electrons. The normalized spacial score (nSPS) is 11.6. The molecule has 18 heavy (non-hydrogen) atoms. The highest BCUT2D eigenvalue weighted by atomic mass is 15.0. The van der Waals surface area contributed by atoms with Crippen LogP contribution in [0.25, 0.3) is 10.9 Å². The van der Waals surface area contributed by atoms with Crippen LogP contribution < -0.4 is 0 Å². The van der Waals surface area contributed by atoms with Crippen LogP contribution >= 0.6 is 0 Å². The number of hydrogen-bond acceptors (Lipinski definition) is 1. The molecule has 98 valence electrons. The first-order valence-electron chi connectivity index (χ1n) is 6.84. The van der Waals surface area contributed by atoms with Crippen molar-refractivity contribution in [2.45, 2.75) is 26.2 Å². The predicted octanol–water partition coefficient (Wildman–Crippen LogP) is 3.23. The lowest BCUT2D eigenvalue weighted by Crippen LogP contribution is -2.13. The highest BCUT2D eigenvalue weighted by Gasteiger charge is 2.09. The number of para-hydroxylation sites is 1. The molecule has 0 aliphatic rings. The number of nitrogens with zero attached hydrogens (tertiary/aromatic N) is 2. The van der Waals surface area contributed by atoms with Crippen molar-refractivity contribution >= 4 is 10.9 Å². The van der Waals surface area contributed by atoms with Gasteiger partial charge in [0, 0.05) is 18.6 Å². The van der Waals surface area contributed by atoms with E-state index in [0.29, 0.717) is 0 Å². The third kappa shape index (κ3) is 2.59. The summed E-state index contributed by atoms with van der Waals surface area (Å²) in [5.41, 5.74) is 4.36. The van der Waals surface area contributed by atoms with Crippen LogP contribution in [0.3, 0.4) is 0 Å². The van der Waals surface area contributed by atoms with Gasteiger partial charge in [-0.05, 0) is 51.0 Å². The summed E-state index contributed by atoms with van der Waals surface area (Å²) in [7, 11) is 6.44. The molecule has 2 nitrogen and oxygen atoms in total. The Bertz CT molecular complexity index is 523. The minimum absolute atomic E-state index is 1.10. The van der Waals surface area contributed by atoms with Crippen molar-refractivity contribution < 1.29 is 0 Å². The Balaban J connectivity index is 2.29. The summed E-state index contributed by atoms with van der Waals surface area (Å²) in [4.78, 5) is 2.25. The third-order valence-electron chi connectivity index (χ3n) is 3.60. The number of hydrogen-bond donors (Lipinski definition) is 0. The quantitative estimate of drug-likeness (QED) is 0.784. The van der Waals surface area contributed by atoms with Gasteiger partial charge >= 0.3 is 0 Å². The number of aryl methyl sites for hydroxylation is 3. The Kier molecular flexibility index (Phi) is 4.07. The lowest BCUT2D eigenvalue weighted by Gasteiger charge is -2.08. The lowest BCUT2D eigenvalue weighted by molar-refractivity contribution is 0.400. The fraction of sp³-hybridized carbons (Fsp3) is 0.500. The van der Waals surface area contributed by atoms with Crippen molar-refractivity contribution in [1.82, 2.24) is 9.47 Å². The second kappa shape index (κ2) is 5.57. The second-order valence-corrected chi connectivity index (χ2v) is 5.34. The summed E-state index contributed by atoms with van der Waals surface area (Å²) in [5.74, 6) is 0. The third-order valence-corrected chi connectivity index (χ3v) is 3.60. The highest BCUT2D eigenvalue weighted by molar-refractivity contribution is 5.86. The summed E-state index contributed by atoms with van der Waals surface area (Å²) in [6, 6.07) is 6.70. The van der Waals surface area contributed by atoms with Crippen LogP contribution in [0.4, 0.5) is 0 Å². The van der Waals surface area contributed by atoms with Crippen molar-refractivity contribution in [1.29, 1.82) is 0 Å². The number of benzene rings is 1. The highest BCUT2D eigenvalue weighted by Crippen LogP contribution is 2.25. The van der Waals surface area contributed by atoms with Gasteiger partial charge in [-0.15, -0.1) is 0 Å². The molecule has 0 bridgehead atoms. The van der Waals surface area contributed by atoms with Gasteiger partial charge in [0.25, 0.3) is 0 Å². The fourth-order valence-corrected chi connectivity index (χ4v) is 2.71. The largest absolute Gasteiger partial charge is 0.350 e. The minimum Gasteiger partial charge on any atom is -0.350 e. The molecule has 0 saturated heterocycles. The first-order valence-corrected chi connectivity index (χ1v) is 6.84. The van der Waals surface area contributed by atoms with Crippen LogP contribution in [0.15, 0.2) is 24.4 Å². The molecule has 0 atom stereocenters. The van der Waals surface area contributed by atoms with Gasteiger partial charge in [0.1, 0.15) is 0 Å². The molecule has 0 fully saturated rings. The Morgan fingerprint density at radius 1 is 1.17 bits per heavy atom. The van der Waals surface area contributed by atoms with E-state index in [0.717, 1.165) is 13.0 Å². The van der Waals surface area contributed by atoms with Crippen LogP contribution in [0.2, 0.25) is 0 Å². The van der Waals surface area contributed by atoms with Crippen molar-refractivity contribution in [3.63, 3.8) is 0 Å². The summed E-state index contributed by atoms with van der Waals surface area (Å²) < 4.78 is 2.29. The van der Waals surface area contributed by atoms with Crippen molar-refractivity contribution in [3.05, 3.63) is 35.5 Å². The Hall–Kier alpha value is -1.28. The average molecular weight is 244 g/mol. The fourth-order valence-electron chi connectivity index (χ4n) is 2.71. The van der Waals surface area contributed by atoms with Gasteiger partial charge in [-0.3, -0.25) is 0 Å². The van der Waals surface area contributed by atoms with Crippen LogP contribution in [0.1, 0.15) is 24.5 Å². The Morgan fingerprint density at radius 3 is 2.61 bits per heavy atom. The SMILES string of the molecule is CCc1cccc2c(CCCN(C)C)cn(C)c12. The molecule has 0 aliphatic carbocycles. The summed E-state index contributed by atoms with van der Waals surface area (Å²) in [6.07, 6.45) is 5.80. The van der Waals surface area contributed by atoms with Gasteiger partial charge in [-0.1, -0.05) is 25.1 Å². The van der Waals surface area contributed by atoms with E-state index in [1.807, 2.05) is 0 Å².